The standard InChI is InChI=1S/C18H24N6O2/c1-13-10-19-12-24(18(13)26)9-7-20-17(25)15-4-3-8-23(11-15)16-6-5-14(2)21-22-16/h5-6,10,12,15H,3-4,7-9,11H2,1-2H3,(H,20,25). The lowest BCUT2D eigenvalue weighted by Crippen LogP contribution is -2.44. The quantitative estimate of drug-likeness (QED) is 0.847. The highest BCUT2D eigenvalue weighted by molar-refractivity contribution is 5.79. The summed E-state index contributed by atoms with van der Waals surface area (Å²) in [6.45, 7) is 5.97. The van der Waals surface area contributed by atoms with Crippen molar-refractivity contribution >= 4 is 11.7 Å². The fourth-order valence-electron chi connectivity index (χ4n) is 3.12. The minimum Gasteiger partial charge on any atom is -0.354 e. The summed E-state index contributed by atoms with van der Waals surface area (Å²) in [4.78, 5) is 30.6. The van der Waals surface area contributed by atoms with Gasteiger partial charge in [-0.1, -0.05) is 0 Å². The second-order valence-electron chi connectivity index (χ2n) is 6.68. The van der Waals surface area contributed by atoms with Gasteiger partial charge in [-0.15, -0.1) is 5.10 Å². The van der Waals surface area contributed by atoms with E-state index in [0.717, 1.165) is 30.9 Å². The van der Waals surface area contributed by atoms with Crippen LogP contribution in [0.25, 0.3) is 0 Å². The van der Waals surface area contributed by atoms with Crippen LogP contribution in [0, 0.1) is 19.8 Å². The van der Waals surface area contributed by atoms with Gasteiger partial charge in [0.05, 0.1) is 17.9 Å². The SMILES string of the molecule is Cc1ccc(N2CCCC(C(=O)NCCn3cncc(C)c3=O)C2)nn1. The molecule has 0 aliphatic carbocycles. The Morgan fingerprint density at radius 3 is 2.92 bits per heavy atom. The zero-order chi connectivity index (χ0) is 18.5. The number of amides is 1. The Balaban J connectivity index is 1.53. The molecule has 0 saturated carbocycles. The van der Waals surface area contributed by atoms with Crippen LogP contribution in [0.2, 0.25) is 0 Å². The number of rotatable bonds is 5. The molecule has 1 amide bonds. The average Bonchev–Trinajstić information content (AvgIpc) is 2.66. The highest BCUT2D eigenvalue weighted by Crippen LogP contribution is 2.21. The van der Waals surface area contributed by atoms with E-state index >= 15 is 0 Å². The third kappa shape index (κ3) is 4.25. The van der Waals surface area contributed by atoms with Gasteiger partial charge >= 0.3 is 0 Å². The lowest BCUT2D eigenvalue weighted by Gasteiger charge is -2.32. The van der Waals surface area contributed by atoms with E-state index in [1.807, 2.05) is 19.1 Å². The van der Waals surface area contributed by atoms with Gasteiger partial charge in [-0.3, -0.25) is 14.2 Å². The van der Waals surface area contributed by atoms with Gasteiger partial charge in [0, 0.05) is 37.9 Å². The van der Waals surface area contributed by atoms with Gasteiger partial charge in [-0.05, 0) is 38.8 Å². The lowest BCUT2D eigenvalue weighted by atomic mass is 9.97. The molecule has 138 valence electrons. The second kappa shape index (κ2) is 8.07. The van der Waals surface area contributed by atoms with E-state index in [9.17, 15) is 9.59 Å². The molecular formula is C18H24N6O2. The van der Waals surface area contributed by atoms with Crippen molar-refractivity contribution in [2.75, 3.05) is 24.5 Å². The number of carbonyl (C=O) groups excluding carboxylic acids is 1. The van der Waals surface area contributed by atoms with Gasteiger partial charge in [-0.25, -0.2) is 4.98 Å². The summed E-state index contributed by atoms with van der Waals surface area (Å²) >= 11 is 0. The van der Waals surface area contributed by atoms with E-state index in [0.29, 0.717) is 25.2 Å². The number of anilines is 1. The molecule has 8 heteroatoms. The normalized spacial score (nSPS) is 17.2. The van der Waals surface area contributed by atoms with Crippen molar-refractivity contribution in [3.63, 3.8) is 0 Å². The Hall–Kier alpha value is -2.77. The summed E-state index contributed by atoms with van der Waals surface area (Å²) in [7, 11) is 0. The molecule has 0 spiro atoms. The molecule has 2 aromatic heterocycles. The van der Waals surface area contributed by atoms with Crippen molar-refractivity contribution in [1.29, 1.82) is 0 Å². The maximum Gasteiger partial charge on any atom is 0.256 e. The van der Waals surface area contributed by atoms with Crippen LogP contribution in [-0.2, 0) is 11.3 Å². The van der Waals surface area contributed by atoms with Crippen LogP contribution in [0.3, 0.4) is 0 Å². The number of nitrogens with one attached hydrogen (secondary N) is 1. The summed E-state index contributed by atoms with van der Waals surface area (Å²) < 4.78 is 1.52. The molecule has 1 saturated heterocycles. The van der Waals surface area contributed by atoms with E-state index in [-0.39, 0.29) is 17.4 Å². The zero-order valence-corrected chi connectivity index (χ0v) is 15.2. The van der Waals surface area contributed by atoms with E-state index in [4.69, 9.17) is 0 Å². The predicted octanol–water partition coefficient (Wildman–Crippen LogP) is 0.683. The Morgan fingerprint density at radius 2 is 2.15 bits per heavy atom. The Bertz CT molecular complexity index is 817. The van der Waals surface area contributed by atoms with Gasteiger partial charge in [0.1, 0.15) is 0 Å². The van der Waals surface area contributed by atoms with E-state index in [1.54, 1.807) is 13.1 Å². The first-order valence-corrected chi connectivity index (χ1v) is 8.88. The molecule has 2 aromatic rings. The number of aromatic nitrogens is 4. The van der Waals surface area contributed by atoms with Gasteiger partial charge < -0.3 is 10.2 Å². The van der Waals surface area contributed by atoms with Crippen molar-refractivity contribution in [2.45, 2.75) is 33.2 Å². The van der Waals surface area contributed by atoms with Crippen molar-refractivity contribution in [1.82, 2.24) is 25.1 Å². The average molecular weight is 356 g/mol. The number of hydrogen-bond donors (Lipinski definition) is 1. The first-order valence-electron chi connectivity index (χ1n) is 8.88. The van der Waals surface area contributed by atoms with Crippen molar-refractivity contribution in [3.05, 3.63) is 46.3 Å². The zero-order valence-electron chi connectivity index (χ0n) is 15.2. The second-order valence-corrected chi connectivity index (χ2v) is 6.68. The highest BCUT2D eigenvalue weighted by atomic mass is 16.2. The van der Waals surface area contributed by atoms with Crippen LogP contribution in [0.4, 0.5) is 5.82 Å². The van der Waals surface area contributed by atoms with Gasteiger partial charge in [0.25, 0.3) is 5.56 Å². The lowest BCUT2D eigenvalue weighted by molar-refractivity contribution is -0.125. The summed E-state index contributed by atoms with van der Waals surface area (Å²) in [5, 5.41) is 11.2. The van der Waals surface area contributed by atoms with Crippen LogP contribution >= 0.6 is 0 Å². The summed E-state index contributed by atoms with van der Waals surface area (Å²) in [5.41, 5.74) is 1.40. The maximum atomic E-state index is 12.5. The molecule has 1 fully saturated rings. The molecule has 0 aromatic carbocycles. The fraction of sp³-hybridized carbons (Fsp3) is 0.500. The molecule has 0 bridgehead atoms. The van der Waals surface area contributed by atoms with Crippen LogP contribution in [0.5, 0.6) is 0 Å². The summed E-state index contributed by atoms with van der Waals surface area (Å²) in [6.07, 6.45) is 4.84. The Morgan fingerprint density at radius 1 is 1.31 bits per heavy atom. The predicted molar refractivity (Wildman–Crippen MR) is 97.9 cm³/mol. The van der Waals surface area contributed by atoms with Crippen LogP contribution in [0.15, 0.2) is 29.5 Å². The fourth-order valence-corrected chi connectivity index (χ4v) is 3.12. The third-order valence-corrected chi connectivity index (χ3v) is 4.62. The maximum absolute atomic E-state index is 12.5. The van der Waals surface area contributed by atoms with E-state index in [2.05, 4.69) is 25.4 Å². The molecule has 1 atom stereocenters. The van der Waals surface area contributed by atoms with E-state index < -0.39 is 0 Å². The van der Waals surface area contributed by atoms with Crippen LogP contribution in [0.1, 0.15) is 24.1 Å². The molecule has 1 aliphatic rings. The Kier molecular flexibility index (Phi) is 5.60. The Labute approximate surface area is 152 Å². The summed E-state index contributed by atoms with van der Waals surface area (Å²) in [5.74, 6) is 0.744. The molecule has 0 radical (unpaired) electrons. The van der Waals surface area contributed by atoms with Gasteiger partial charge in [0.15, 0.2) is 5.82 Å². The highest BCUT2D eigenvalue weighted by Gasteiger charge is 2.26. The molecule has 3 rings (SSSR count). The monoisotopic (exact) mass is 356 g/mol. The smallest absolute Gasteiger partial charge is 0.256 e. The minimum absolute atomic E-state index is 0.0171. The molecular weight excluding hydrogens is 332 g/mol. The third-order valence-electron chi connectivity index (χ3n) is 4.62. The number of piperidine rings is 1. The largest absolute Gasteiger partial charge is 0.354 e. The molecule has 1 N–H and O–H groups in total. The van der Waals surface area contributed by atoms with Crippen LogP contribution < -0.4 is 15.8 Å². The van der Waals surface area contributed by atoms with Crippen molar-refractivity contribution in [2.24, 2.45) is 5.92 Å². The topological polar surface area (TPSA) is 93.0 Å². The van der Waals surface area contributed by atoms with Gasteiger partial charge in [0.2, 0.25) is 5.91 Å². The molecule has 26 heavy (non-hydrogen) atoms. The number of hydrogen-bond acceptors (Lipinski definition) is 6. The number of carbonyl (C=O) groups is 1. The molecule has 3 heterocycles. The molecule has 8 nitrogen and oxygen atoms in total. The van der Waals surface area contributed by atoms with Crippen molar-refractivity contribution in [3.8, 4) is 0 Å². The number of aryl methyl sites for hydroxylation is 2. The minimum atomic E-state index is -0.0841. The summed E-state index contributed by atoms with van der Waals surface area (Å²) in [6, 6.07) is 3.87. The first kappa shape index (κ1) is 18.0. The van der Waals surface area contributed by atoms with Gasteiger partial charge in [-0.2, -0.15) is 5.10 Å². The molecule has 1 aliphatic heterocycles. The molecule has 1 unspecified atom stereocenters. The first-order chi connectivity index (χ1) is 12.5. The number of nitrogens with zero attached hydrogens (tertiary/aromatic N) is 5. The van der Waals surface area contributed by atoms with E-state index in [1.165, 1.54) is 10.9 Å². The van der Waals surface area contributed by atoms with Crippen LogP contribution in [-0.4, -0.2) is 45.3 Å². The van der Waals surface area contributed by atoms with Crippen molar-refractivity contribution < 1.29 is 4.79 Å².